The van der Waals surface area contributed by atoms with Crippen LogP contribution in [0.3, 0.4) is 0 Å². The molecule has 0 amide bonds. The molecule has 0 radical (unpaired) electrons. The van der Waals surface area contributed by atoms with Crippen LogP contribution in [0, 0.1) is 16.0 Å². The summed E-state index contributed by atoms with van der Waals surface area (Å²) in [5.41, 5.74) is 2.61. The van der Waals surface area contributed by atoms with Crippen LogP contribution in [0.25, 0.3) is 11.1 Å². The van der Waals surface area contributed by atoms with E-state index in [1.54, 1.807) is 18.2 Å². The molecule has 0 spiro atoms. The molecule has 2 bridgehead atoms. The van der Waals surface area contributed by atoms with Gasteiger partial charge in [-0.15, -0.1) is 0 Å². The van der Waals surface area contributed by atoms with Crippen molar-refractivity contribution in [3.63, 3.8) is 0 Å². The van der Waals surface area contributed by atoms with Crippen molar-refractivity contribution in [2.75, 3.05) is 14.2 Å². The molecule has 146 valence electrons. The lowest BCUT2D eigenvalue weighted by atomic mass is 9.76. The third-order valence-electron chi connectivity index (χ3n) is 6.49. The van der Waals surface area contributed by atoms with E-state index < -0.39 is 0 Å². The van der Waals surface area contributed by atoms with Crippen molar-refractivity contribution >= 4 is 11.7 Å². The zero-order chi connectivity index (χ0) is 19.8. The molecule has 2 heterocycles. The van der Waals surface area contributed by atoms with E-state index in [0.29, 0.717) is 11.6 Å². The molecular weight excluding hydrogens is 356 g/mol. The normalized spacial score (nSPS) is 26.8. The molecule has 0 aliphatic carbocycles. The van der Waals surface area contributed by atoms with E-state index in [1.165, 1.54) is 13.2 Å². The Bertz CT molecular complexity index is 896. The van der Waals surface area contributed by atoms with Gasteiger partial charge in [0.15, 0.2) is 0 Å². The maximum atomic E-state index is 12.6. The number of hydrogen-bond acceptors (Lipinski definition) is 5. The molecule has 0 aromatic heterocycles. The highest BCUT2D eigenvalue weighted by molar-refractivity contribution is 5.76. The van der Waals surface area contributed by atoms with Crippen LogP contribution < -0.4 is 0 Å². The number of benzene rings is 2. The van der Waals surface area contributed by atoms with Crippen molar-refractivity contribution in [3.8, 4) is 11.1 Å². The van der Waals surface area contributed by atoms with Crippen molar-refractivity contribution in [1.82, 2.24) is 4.90 Å². The van der Waals surface area contributed by atoms with Crippen LogP contribution in [0.1, 0.15) is 30.7 Å². The first-order valence-electron chi connectivity index (χ1n) is 9.64. The van der Waals surface area contributed by atoms with E-state index in [2.05, 4.69) is 11.9 Å². The minimum atomic E-state index is -0.356. The highest BCUT2D eigenvalue weighted by Gasteiger charge is 2.49. The first-order valence-corrected chi connectivity index (χ1v) is 9.64. The summed E-state index contributed by atoms with van der Waals surface area (Å²) >= 11 is 0. The van der Waals surface area contributed by atoms with E-state index >= 15 is 0 Å². The zero-order valence-corrected chi connectivity index (χ0v) is 16.1. The van der Waals surface area contributed by atoms with E-state index in [4.69, 9.17) is 4.74 Å². The van der Waals surface area contributed by atoms with Crippen LogP contribution in [-0.4, -0.2) is 42.0 Å². The number of methoxy groups -OCH3 is 1. The SMILES string of the molecule is COC(=O)C1C(c2ccc(-c3ccccc3[N+](=O)[O-])cc2)C[C@H]2CC[C@@H]1N2C. The molecule has 2 fully saturated rings. The Kier molecular flexibility index (Phi) is 4.89. The molecule has 4 rings (SSSR count). The first kappa shape index (κ1) is 18.6. The van der Waals surface area contributed by atoms with Crippen molar-refractivity contribution in [1.29, 1.82) is 0 Å². The van der Waals surface area contributed by atoms with E-state index in [1.807, 2.05) is 24.3 Å². The minimum absolute atomic E-state index is 0.0972. The summed E-state index contributed by atoms with van der Waals surface area (Å²) in [6.45, 7) is 0. The number of esters is 1. The van der Waals surface area contributed by atoms with Gasteiger partial charge in [0.25, 0.3) is 5.69 Å². The largest absolute Gasteiger partial charge is 0.469 e. The maximum Gasteiger partial charge on any atom is 0.310 e. The van der Waals surface area contributed by atoms with Gasteiger partial charge in [-0.05, 0) is 43.5 Å². The monoisotopic (exact) mass is 380 g/mol. The van der Waals surface area contributed by atoms with Crippen molar-refractivity contribution in [2.45, 2.75) is 37.3 Å². The second-order valence-corrected chi connectivity index (χ2v) is 7.75. The summed E-state index contributed by atoms with van der Waals surface area (Å²) in [5.74, 6) is -0.211. The molecule has 6 heteroatoms. The summed E-state index contributed by atoms with van der Waals surface area (Å²) in [6, 6.07) is 15.3. The average Bonchev–Trinajstić information content (AvgIpc) is 2.95. The smallest absolute Gasteiger partial charge is 0.310 e. The average molecular weight is 380 g/mol. The van der Waals surface area contributed by atoms with Gasteiger partial charge in [0.1, 0.15) is 0 Å². The van der Waals surface area contributed by atoms with Gasteiger partial charge in [0.2, 0.25) is 0 Å². The lowest BCUT2D eigenvalue weighted by molar-refractivity contribution is -0.384. The van der Waals surface area contributed by atoms with Gasteiger partial charge in [-0.2, -0.15) is 0 Å². The van der Waals surface area contributed by atoms with Gasteiger partial charge in [-0.1, -0.05) is 36.4 Å². The molecular formula is C22H24N2O4. The number of ether oxygens (including phenoxy) is 1. The predicted molar refractivity (Wildman–Crippen MR) is 106 cm³/mol. The number of nitrogens with zero attached hydrogens (tertiary/aromatic N) is 2. The number of nitro groups is 1. The second kappa shape index (κ2) is 7.36. The number of fused-ring (bicyclic) bond motifs is 2. The molecule has 2 aromatic rings. The highest BCUT2D eigenvalue weighted by atomic mass is 16.6. The summed E-state index contributed by atoms with van der Waals surface area (Å²) < 4.78 is 5.13. The van der Waals surface area contributed by atoms with Crippen molar-refractivity contribution < 1.29 is 14.5 Å². The fourth-order valence-electron chi connectivity index (χ4n) is 5.05. The quantitative estimate of drug-likeness (QED) is 0.455. The Labute approximate surface area is 164 Å². The lowest BCUT2D eigenvalue weighted by Gasteiger charge is -2.41. The van der Waals surface area contributed by atoms with Crippen LogP contribution in [0.15, 0.2) is 48.5 Å². The predicted octanol–water partition coefficient (Wildman–Crippen LogP) is 4.00. The van der Waals surface area contributed by atoms with Gasteiger partial charge >= 0.3 is 5.97 Å². The third-order valence-corrected chi connectivity index (χ3v) is 6.49. The Hall–Kier alpha value is -2.73. The first-order chi connectivity index (χ1) is 13.5. The van der Waals surface area contributed by atoms with E-state index in [-0.39, 0.29) is 34.5 Å². The molecule has 2 aliphatic heterocycles. The number of para-hydroxylation sites is 1. The van der Waals surface area contributed by atoms with Crippen LogP contribution >= 0.6 is 0 Å². The van der Waals surface area contributed by atoms with E-state index in [9.17, 15) is 14.9 Å². The van der Waals surface area contributed by atoms with Gasteiger partial charge in [0.05, 0.1) is 23.5 Å². The second-order valence-electron chi connectivity index (χ2n) is 7.75. The fraction of sp³-hybridized carbons (Fsp3) is 0.409. The van der Waals surface area contributed by atoms with Crippen LogP contribution in [0.2, 0.25) is 0 Å². The van der Waals surface area contributed by atoms with Gasteiger partial charge in [0, 0.05) is 24.1 Å². The fourth-order valence-corrected chi connectivity index (χ4v) is 5.05. The molecule has 6 nitrogen and oxygen atoms in total. The molecule has 2 aromatic carbocycles. The molecule has 2 aliphatic rings. The number of carbonyl (C=O) groups is 1. The highest BCUT2D eigenvalue weighted by Crippen LogP contribution is 2.47. The molecule has 2 unspecified atom stereocenters. The summed E-state index contributed by atoms with van der Waals surface area (Å²) in [7, 11) is 3.56. The Morgan fingerprint density at radius 3 is 2.54 bits per heavy atom. The molecule has 0 N–H and O–H groups in total. The molecule has 2 saturated heterocycles. The Balaban J connectivity index is 1.67. The molecule has 0 saturated carbocycles. The Morgan fingerprint density at radius 2 is 1.86 bits per heavy atom. The summed E-state index contributed by atoms with van der Waals surface area (Å²) in [5, 5.41) is 11.3. The van der Waals surface area contributed by atoms with Crippen molar-refractivity contribution in [3.05, 3.63) is 64.2 Å². The lowest BCUT2D eigenvalue weighted by Crippen LogP contribution is -2.49. The number of nitro benzene ring substituents is 1. The van der Waals surface area contributed by atoms with Gasteiger partial charge < -0.3 is 4.74 Å². The number of piperidine rings is 1. The summed E-state index contributed by atoms with van der Waals surface area (Å²) in [6.07, 6.45) is 3.06. The van der Waals surface area contributed by atoms with Crippen LogP contribution in [0.4, 0.5) is 5.69 Å². The zero-order valence-electron chi connectivity index (χ0n) is 16.1. The standard InChI is InChI=1S/C22H24N2O4/c1-23-16-11-12-20(23)21(22(25)28-2)18(13-16)15-9-7-14(8-10-15)17-5-3-4-6-19(17)24(26)27/h3-10,16,18,20-21H,11-13H2,1-2H3/t16-,18?,20+,21?/m1/s1. The third kappa shape index (κ3) is 3.07. The molecule has 4 atom stereocenters. The maximum absolute atomic E-state index is 12.6. The number of hydrogen-bond donors (Lipinski definition) is 0. The summed E-state index contributed by atoms with van der Waals surface area (Å²) in [4.78, 5) is 25.9. The van der Waals surface area contributed by atoms with Gasteiger partial charge in [-0.25, -0.2) is 0 Å². The Morgan fingerprint density at radius 1 is 1.14 bits per heavy atom. The van der Waals surface area contributed by atoms with Crippen molar-refractivity contribution in [2.24, 2.45) is 5.92 Å². The number of rotatable bonds is 4. The van der Waals surface area contributed by atoms with E-state index in [0.717, 1.165) is 30.4 Å². The molecule has 28 heavy (non-hydrogen) atoms. The topological polar surface area (TPSA) is 72.7 Å². The van der Waals surface area contributed by atoms with Gasteiger partial charge in [-0.3, -0.25) is 19.8 Å². The minimum Gasteiger partial charge on any atom is -0.469 e. The van der Waals surface area contributed by atoms with Crippen LogP contribution in [-0.2, 0) is 9.53 Å². The van der Waals surface area contributed by atoms with Crippen LogP contribution in [0.5, 0.6) is 0 Å². The number of carbonyl (C=O) groups excluding carboxylic acids is 1.